The van der Waals surface area contributed by atoms with Gasteiger partial charge in [-0.1, -0.05) is 20.8 Å². The van der Waals surface area contributed by atoms with E-state index in [0.717, 1.165) is 37.9 Å². The van der Waals surface area contributed by atoms with Crippen molar-refractivity contribution in [3.8, 4) is 0 Å². The van der Waals surface area contributed by atoms with E-state index >= 15 is 0 Å². The second kappa shape index (κ2) is 3.51. The molecule has 0 aromatic rings. The minimum absolute atomic E-state index is 0.256. The Labute approximate surface area is 92.3 Å². The molecular weight excluding hydrogens is 188 g/mol. The highest BCUT2D eigenvalue weighted by Gasteiger charge is 2.49. The molecule has 2 unspecified atom stereocenters. The minimum Gasteiger partial charge on any atom is -0.501 e. The summed E-state index contributed by atoms with van der Waals surface area (Å²) in [5, 5.41) is 10.8. The third-order valence-corrected chi connectivity index (χ3v) is 3.91. The van der Waals surface area contributed by atoms with Crippen LogP contribution in [0.4, 0.5) is 0 Å². The van der Waals surface area contributed by atoms with E-state index in [1.54, 1.807) is 6.26 Å². The third-order valence-electron chi connectivity index (χ3n) is 3.91. The van der Waals surface area contributed by atoms with Gasteiger partial charge in [-0.15, -0.1) is 0 Å². The van der Waals surface area contributed by atoms with E-state index in [4.69, 9.17) is 4.74 Å². The summed E-state index contributed by atoms with van der Waals surface area (Å²) in [7, 11) is 0. The van der Waals surface area contributed by atoms with Crippen molar-refractivity contribution in [1.82, 2.24) is 0 Å². The Hall–Kier alpha value is -0.500. The first-order chi connectivity index (χ1) is 6.94. The molecule has 1 saturated carbocycles. The van der Waals surface area contributed by atoms with Crippen molar-refractivity contribution in [2.24, 2.45) is 11.3 Å². The number of ether oxygens (including phenoxy) is 1. The molecule has 2 atom stereocenters. The summed E-state index contributed by atoms with van der Waals surface area (Å²) in [6.45, 7) is 7.44. The van der Waals surface area contributed by atoms with E-state index in [9.17, 15) is 5.11 Å². The zero-order valence-corrected chi connectivity index (χ0v) is 10.0. The van der Waals surface area contributed by atoms with Gasteiger partial charge in [0.25, 0.3) is 0 Å². The number of aliphatic hydroxyl groups is 1. The largest absolute Gasteiger partial charge is 0.501 e. The molecule has 1 N–H and O–H groups in total. The minimum atomic E-state index is -0.607. The molecule has 2 aliphatic rings. The molecule has 2 nitrogen and oxygen atoms in total. The molecule has 0 spiro atoms. The van der Waals surface area contributed by atoms with E-state index in [1.165, 1.54) is 0 Å². The molecule has 0 saturated heterocycles. The zero-order chi connectivity index (χ0) is 11.1. The standard InChI is InChI=1S/C13H22O2/c1-10-7-12(2,3)9-13(10,14)11-5-4-6-15-8-11/h8,10,14H,4-7,9H2,1-3H3. The van der Waals surface area contributed by atoms with Gasteiger partial charge >= 0.3 is 0 Å². The van der Waals surface area contributed by atoms with Gasteiger partial charge in [0, 0.05) is 0 Å². The van der Waals surface area contributed by atoms with Gasteiger partial charge in [0.1, 0.15) is 0 Å². The lowest BCUT2D eigenvalue weighted by Gasteiger charge is -2.33. The summed E-state index contributed by atoms with van der Waals surface area (Å²) >= 11 is 0. The quantitative estimate of drug-likeness (QED) is 0.721. The van der Waals surface area contributed by atoms with Crippen LogP contribution in [0.25, 0.3) is 0 Å². The number of hydrogen-bond acceptors (Lipinski definition) is 2. The van der Waals surface area contributed by atoms with E-state index in [-0.39, 0.29) is 5.41 Å². The van der Waals surface area contributed by atoms with E-state index in [1.807, 2.05) is 0 Å². The fourth-order valence-corrected chi connectivity index (χ4v) is 3.29. The Morgan fingerprint density at radius 2 is 2.20 bits per heavy atom. The lowest BCUT2D eigenvalue weighted by atomic mass is 9.81. The van der Waals surface area contributed by atoms with Crippen LogP contribution in [-0.4, -0.2) is 17.3 Å². The lowest BCUT2D eigenvalue weighted by molar-refractivity contribution is 0.0281. The van der Waals surface area contributed by atoms with Gasteiger partial charge < -0.3 is 9.84 Å². The van der Waals surface area contributed by atoms with Gasteiger partial charge in [0.05, 0.1) is 18.5 Å². The Morgan fingerprint density at radius 1 is 1.47 bits per heavy atom. The Balaban J connectivity index is 2.22. The Morgan fingerprint density at radius 3 is 2.67 bits per heavy atom. The van der Waals surface area contributed by atoms with Crippen molar-refractivity contribution in [2.75, 3.05) is 6.61 Å². The maximum absolute atomic E-state index is 10.8. The van der Waals surface area contributed by atoms with Crippen LogP contribution in [0.1, 0.15) is 46.5 Å². The van der Waals surface area contributed by atoms with Gasteiger partial charge in [-0.25, -0.2) is 0 Å². The van der Waals surface area contributed by atoms with Crippen molar-refractivity contribution in [3.05, 3.63) is 11.8 Å². The molecule has 15 heavy (non-hydrogen) atoms. The Kier molecular flexibility index (Phi) is 2.58. The maximum Gasteiger partial charge on any atom is 0.0919 e. The van der Waals surface area contributed by atoms with Crippen molar-refractivity contribution in [2.45, 2.75) is 52.1 Å². The monoisotopic (exact) mass is 210 g/mol. The summed E-state index contributed by atoms with van der Waals surface area (Å²) in [6, 6.07) is 0. The summed E-state index contributed by atoms with van der Waals surface area (Å²) in [5.41, 5.74) is 0.767. The van der Waals surface area contributed by atoms with Gasteiger partial charge in [-0.2, -0.15) is 0 Å². The highest BCUT2D eigenvalue weighted by Crippen LogP contribution is 2.51. The first kappa shape index (κ1) is 11.0. The van der Waals surface area contributed by atoms with Crippen molar-refractivity contribution in [3.63, 3.8) is 0 Å². The highest BCUT2D eigenvalue weighted by atomic mass is 16.5. The lowest BCUT2D eigenvalue weighted by Crippen LogP contribution is -2.35. The summed E-state index contributed by atoms with van der Waals surface area (Å²) in [4.78, 5) is 0. The molecule has 1 heterocycles. The zero-order valence-electron chi connectivity index (χ0n) is 10.0. The average Bonchev–Trinajstić information content (AvgIpc) is 2.38. The Bertz CT molecular complexity index is 280. The molecule has 0 amide bonds. The van der Waals surface area contributed by atoms with Crippen molar-refractivity contribution in [1.29, 1.82) is 0 Å². The normalized spacial score (nSPS) is 39.7. The van der Waals surface area contributed by atoms with Gasteiger partial charge in [0.2, 0.25) is 0 Å². The molecule has 1 fully saturated rings. The van der Waals surface area contributed by atoms with Crippen LogP contribution in [0.15, 0.2) is 11.8 Å². The summed E-state index contributed by atoms with van der Waals surface area (Å²) in [5.74, 6) is 0.348. The van der Waals surface area contributed by atoms with Crippen LogP contribution in [0, 0.1) is 11.3 Å². The molecule has 0 aromatic carbocycles. The fraction of sp³-hybridized carbons (Fsp3) is 0.846. The predicted molar refractivity (Wildman–Crippen MR) is 60.4 cm³/mol. The van der Waals surface area contributed by atoms with Gasteiger partial charge in [-0.3, -0.25) is 0 Å². The van der Waals surface area contributed by atoms with Crippen LogP contribution in [-0.2, 0) is 4.74 Å². The molecular formula is C13H22O2. The van der Waals surface area contributed by atoms with Crippen LogP contribution in [0.5, 0.6) is 0 Å². The molecule has 1 aliphatic carbocycles. The maximum atomic E-state index is 10.8. The van der Waals surface area contributed by atoms with E-state index < -0.39 is 5.60 Å². The average molecular weight is 210 g/mol. The molecule has 2 rings (SSSR count). The smallest absolute Gasteiger partial charge is 0.0919 e. The summed E-state index contributed by atoms with van der Waals surface area (Å²) < 4.78 is 5.35. The van der Waals surface area contributed by atoms with Crippen molar-refractivity contribution >= 4 is 0 Å². The van der Waals surface area contributed by atoms with E-state index in [2.05, 4.69) is 20.8 Å². The SMILES string of the molecule is CC1CC(C)(C)CC1(O)C1=COCCC1. The first-order valence-electron chi connectivity index (χ1n) is 5.98. The highest BCUT2D eigenvalue weighted by molar-refractivity contribution is 5.21. The molecule has 2 heteroatoms. The van der Waals surface area contributed by atoms with Gasteiger partial charge in [-0.05, 0) is 42.6 Å². The fourth-order valence-electron chi connectivity index (χ4n) is 3.29. The molecule has 0 radical (unpaired) electrons. The van der Waals surface area contributed by atoms with Crippen LogP contribution < -0.4 is 0 Å². The van der Waals surface area contributed by atoms with Crippen molar-refractivity contribution < 1.29 is 9.84 Å². The van der Waals surface area contributed by atoms with Gasteiger partial charge in [0.15, 0.2) is 0 Å². The van der Waals surface area contributed by atoms with E-state index in [0.29, 0.717) is 5.92 Å². The van der Waals surface area contributed by atoms with Crippen LogP contribution in [0.3, 0.4) is 0 Å². The number of hydrogen-bond donors (Lipinski definition) is 1. The third kappa shape index (κ3) is 1.92. The second-order valence-corrected chi connectivity index (χ2v) is 5.99. The van der Waals surface area contributed by atoms with Crippen LogP contribution >= 0.6 is 0 Å². The summed E-state index contributed by atoms with van der Waals surface area (Å²) in [6.07, 6.45) is 5.82. The number of rotatable bonds is 1. The second-order valence-electron chi connectivity index (χ2n) is 5.99. The first-order valence-corrected chi connectivity index (χ1v) is 5.98. The predicted octanol–water partition coefficient (Wildman–Crippen LogP) is 2.87. The molecule has 86 valence electrons. The van der Waals surface area contributed by atoms with Crippen LogP contribution in [0.2, 0.25) is 0 Å². The molecule has 0 aromatic heterocycles. The molecule has 1 aliphatic heterocycles. The molecule has 0 bridgehead atoms. The topological polar surface area (TPSA) is 29.5 Å².